The highest BCUT2D eigenvalue weighted by molar-refractivity contribution is 5.69. The number of methoxy groups -OCH3 is 1. The molecular formula is C15H29NO2. The van der Waals surface area contributed by atoms with E-state index in [0.717, 1.165) is 13.0 Å². The van der Waals surface area contributed by atoms with Crippen molar-refractivity contribution in [3.8, 4) is 0 Å². The minimum absolute atomic E-state index is 0.110. The molecule has 1 fully saturated rings. The monoisotopic (exact) mass is 255 g/mol. The van der Waals surface area contributed by atoms with Crippen LogP contribution in [0.4, 0.5) is 0 Å². The molecule has 1 N–H and O–H groups in total. The molecule has 0 spiro atoms. The maximum absolute atomic E-state index is 11.0. The van der Waals surface area contributed by atoms with Crippen LogP contribution < -0.4 is 5.32 Å². The lowest BCUT2D eigenvalue weighted by molar-refractivity contribution is -0.140. The fourth-order valence-electron chi connectivity index (χ4n) is 3.63. The van der Waals surface area contributed by atoms with Gasteiger partial charge < -0.3 is 10.1 Å². The van der Waals surface area contributed by atoms with Crippen LogP contribution in [0.25, 0.3) is 0 Å². The first kappa shape index (κ1) is 15.5. The number of rotatable bonds is 5. The van der Waals surface area contributed by atoms with E-state index in [1.807, 2.05) is 0 Å². The van der Waals surface area contributed by atoms with Crippen LogP contribution >= 0.6 is 0 Å². The van der Waals surface area contributed by atoms with E-state index in [4.69, 9.17) is 0 Å². The lowest BCUT2D eigenvalue weighted by Gasteiger charge is -2.45. The predicted molar refractivity (Wildman–Crippen MR) is 74.5 cm³/mol. The minimum atomic E-state index is -0.110. The number of carbonyl (C=O) groups is 1. The van der Waals surface area contributed by atoms with Crippen molar-refractivity contribution in [1.82, 2.24) is 5.32 Å². The standard InChI is InChI=1S/C15H29NO2/c1-14(2)9-12(10-15(3,4)11-14)16-8-6-7-13(17)18-5/h12,16H,6-11H2,1-5H3. The molecule has 1 saturated carbocycles. The van der Waals surface area contributed by atoms with Crippen molar-refractivity contribution in [2.24, 2.45) is 10.8 Å². The van der Waals surface area contributed by atoms with Gasteiger partial charge in [0.2, 0.25) is 0 Å². The molecule has 3 nitrogen and oxygen atoms in total. The number of esters is 1. The summed E-state index contributed by atoms with van der Waals surface area (Å²) < 4.78 is 4.64. The molecule has 0 aromatic carbocycles. The van der Waals surface area contributed by atoms with Crippen LogP contribution in [0.2, 0.25) is 0 Å². The van der Waals surface area contributed by atoms with Gasteiger partial charge >= 0.3 is 5.97 Å². The Morgan fingerprint density at radius 3 is 2.28 bits per heavy atom. The van der Waals surface area contributed by atoms with Crippen molar-refractivity contribution < 1.29 is 9.53 Å². The van der Waals surface area contributed by atoms with Crippen molar-refractivity contribution >= 4 is 5.97 Å². The van der Waals surface area contributed by atoms with Crippen LogP contribution in [0, 0.1) is 10.8 Å². The number of nitrogens with one attached hydrogen (secondary N) is 1. The molecule has 0 amide bonds. The highest BCUT2D eigenvalue weighted by atomic mass is 16.5. The van der Waals surface area contributed by atoms with E-state index < -0.39 is 0 Å². The second-order valence-electron chi connectivity index (χ2n) is 7.24. The van der Waals surface area contributed by atoms with Crippen molar-refractivity contribution in [3.63, 3.8) is 0 Å². The van der Waals surface area contributed by atoms with Gasteiger partial charge in [0.1, 0.15) is 0 Å². The summed E-state index contributed by atoms with van der Waals surface area (Å²) in [5.74, 6) is -0.110. The number of ether oxygens (including phenoxy) is 1. The SMILES string of the molecule is COC(=O)CCCNC1CC(C)(C)CC(C)(C)C1. The molecule has 3 heteroatoms. The van der Waals surface area contributed by atoms with E-state index >= 15 is 0 Å². The largest absolute Gasteiger partial charge is 0.469 e. The van der Waals surface area contributed by atoms with Gasteiger partial charge in [-0.2, -0.15) is 0 Å². The van der Waals surface area contributed by atoms with Gasteiger partial charge in [-0.15, -0.1) is 0 Å². The minimum Gasteiger partial charge on any atom is -0.469 e. The normalized spacial score (nSPS) is 22.7. The van der Waals surface area contributed by atoms with Crippen LogP contribution in [0.3, 0.4) is 0 Å². The molecule has 0 radical (unpaired) electrons. The van der Waals surface area contributed by atoms with Gasteiger partial charge in [-0.25, -0.2) is 0 Å². The Morgan fingerprint density at radius 1 is 1.22 bits per heavy atom. The molecule has 0 aliphatic heterocycles. The van der Waals surface area contributed by atoms with Crippen LogP contribution in [0.5, 0.6) is 0 Å². The lowest BCUT2D eigenvalue weighted by Crippen LogP contribution is -2.44. The third-order valence-electron chi connectivity index (χ3n) is 3.77. The molecule has 0 heterocycles. The maximum atomic E-state index is 11.0. The number of carbonyl (C=O) groups excluding carboxylic acids is 1. The highest BCUT2D eigenvalue weighted by Gasteiger charge is 2.37. The van der Waals surface area contributed by atoms with Gasteiger partial charge in [-0.3, -0.25) is 4.79 Å². The third kappa shape index (κ3) is 5.38. The molecule has 1 rings (SSSR count). The number of hydrogen-bond acceptors (Lipinski definition) is 3. The summed E-state index contributed by atoms with van der Waals surface area (Å²) in [6.07, 6.45) is 5.14. The Labute approximate surface area is 112 Å². The van der Waals surface area contributed by atoms with E-state index in [2.05, 4.69) is 37.7 Å². The summed E-state index contributed by atoms with van der Waals surface area (Å²) in [4.78, 5) is 11.0. The van der Waals surface area contributed by atoms with Crippen molar-refractivity contribution in [2.75, 3.05) is 13.7 Å². The molecule has 0 bridgehead atoms. The first-order valence-electron chi connectivity index (χ1n) is 7.04. The topological polar surface area (TPSA) is 38.3 Å². The van der Waals surface area contributed by atoms with Gasteiger partial charge in [-0.1, -0.05) is 27.7 Å². The molecular weight excluding hydrogens is 226 g/mol. The van der Waals surface area contributed by atoms with Gasteiger partial charge in [0, 0.05) is 12.5 Å². The van der Waals surface area contributed by atoms with E-state index in [9.17, 15) is 4.79 Å². The molecule has 0 unspecified atom stereocenters. The molecule has 0 aromatic rings. The summed E-state index contributed by atoms with van der Waals surface area (Å²) in [7, 11) is 1.45. The molecule has 0 saturated heterocycles. The van der Waals surface area contributed by atoms with Crippen molar-refractivity contribution in [3.05, 3.63) is 0 Å². The zero-order valence-corrected chi connectivity index (χ0v) is 12.6. The van der Waals surface area contributed by atoms with Gasteiger partial charge in [-0.05, 0) is 43.1 Å². The zero-order chi connectivity index (χ0) is 13.8. The van der Waals surface area contributed by atoms with Crippen molar-refractivity contribution in [1.29, 1.82) is 0 Å². The third-order valence-corrected chi connectivity index (χ3v) is 3.77. The van der Waals surface area contributed by atoms with E-state index in [0.29, 0.717) is 23.3 Å². The quantitative estimate of drug-likeness (QED) is 0.606. The Balaban J connectivity index is 2.31. The highest BCUT2D eigenvalue weighted by Crippen LogP contribution is 2.45. The second-order valence-corrected chi connectivity index (χ2v) is 7.24. The average Bonchev–Trinajstić information content (AvgIpc) is 2.19. The molecule has 18 heavy (non-hydrogen) atoms. The average molecular weight is 255 g/mol. The molecule has 0 atom stereocenters. The summed E-state index contributed by atoms with van der Waals surface area (Å²) in [5, 5.41) is 3.60. The van der Waals surface area contributed by atoms with E-state index in [1.165, 1.54) is 26.4 Å². The predicted octanol–water partition coefficient (Wildman–Crippen LogP) is 3.13. The fourth-order valence-corrected chi connectivity index (χ4v) is 3.63. The Morgan fingerprint density at radius 2 is 1.78 bits per heavy atom. The lowest BCUT2D eigenvalue weighted by atomic mass is 9.63. The van der Waals surface area contributed by atoms with E-state index in [1.54, 1.807) is 0 Å². The first-order chi connectivity index (χ1) is 8.24. The fraction of sp³-hybridized carbons (Fsp3) is 0.933. The van der Waals surface area contributed by atoms with Crippen LogP contribution in [0.1, 0.15) is 59.8 Å². The van der Waals surface area contributed by atoms with Gasteiger partial charge in [0.05, 0.1) is 7.11 Å². The first-order valence-corrected chi connectivity index (χ1v) is 7.04. The number of hydrogen-bond donors (Lipinski definition) is 1. The zero-order valence-electron chi connectivity index (χ0n) is 12.6. The van der Waals surface area contributed by atoms with Gasteiger partial charge in [0.15, 0.2) is 0 Å². The molecule has 106 valence electrons. The Kier molecular flexibility index (Phi) is 5.20. The Bertz CT molecular complexity index is 268. The Hall–Kier alpha value is -0.570. The van der Waals surface area contributed by atoms with Gasteiger partial charge in [0.25, 0.3) is 0 Å². The van der Waals surface area contributed by atoms with E-state index in [-0.39, 0.29) is 5.97 Å². The van der Waals surface area contributed by atoms with Crippen LogP contribution in [0.15, 0.2) is 0 Å². The summed E-state index contributed by atoms with van der Waals surface area (Å²) in [6, 6.07) is 0.585. The van der Waals surface area contributed by atoms with Crippen LogP contribution in [-0.4, -0.2) is 25.7 Å². The molecule has 0 aromatic heterocycles. The maximum Gasteiger partial charge on any atom is 0.305 e. The van der Waals surface area contributed by atoms with Crippen molar-refractivity contribution in [2.45, 2.75) is 65.8 Å². The van der Waals surface area contributed by atoms with Crippen LogP contribution in [-0.2, 0) is 9.53 Å². The smallest absolute Gasteiger partial charge is 0.305 e. The summed E-state index contributed by atoms with van der Waals surface area (Å²) in [6.45, 7) is 10.3. The molecule has 1 aliphatic carbocycles. The summed E-state index contributed by atoms with van der Waals surface area (Å²) >= 11 is 0. The molecule has 1 aliphatic rings. The summed E-state index contributed by atoms with van der Waals surface area (Å²) in [5.41, 5.74) is 0.837. The second kappa shape index (κ2) is 6.05.